The lowest BCUT2D eigenvalue weighted by Gasteiger charge is -2.34. The van der Waals surface area contributed by atoms with Crippen LogP contribution in [0.5, 0.6) is 0 Å². The van der Waals surface area contributed by atoms with Gasteiger partial charge in [-0.1, -0.05) is 6.07 Å². The Bertz CT molecular complexity index is 1050. The number of amides is 1. The van der Waals surface area contributed by atoms with E-state index in [2.05, 4.69) is 37.1 Å². The summed E-state index contributed by atoms with van der Waals surface area (Å²) in [5, 5.41) is 4.08. The molecule has 1 N–H and O–H groups in total. The van der Waals surface area contributed by atoms with E-state index in [0.717, 1.165) is 64.9 Å². The summed E-state index contributed by atoms with van der Waals surface area (Å²) >= 11 is 1.43. The minimum Gasteiger partial charge on any atom is -0.354 e. The zero-order valence-electron chi connectivity index (χ0n) is 17.3. The number of aryl methyl sites for hydroxylation is 3. The molecule has 152 valence electrons. The molecule has 0 saturated carbocycles. The summed E-state index contributed by atoms with van der Waals surface area (Å²) < 4.78 is 0. The number of nitrogens with zero attached hydrogens (tertiary/aromatic N) is 5. The van der Waals surface area contributed by atoms with Crippen molar-refractivity contribution < 1.29 is 4.79 Å². The molecule has 4 rings (SSSR count). The topological polar surface area (TPSA) is 74.2 Å². The van der Waals surface area contributed by atoms with Crippen LogP contribution in [0.25, 0.3) is 10.2 Å². The molecule has 3 aromatic heterocycles. The van der Waals surface area contributed by atoms with Crippen LogP contribution in [0.4, 0.5) is 5.82 Å². The smallest absolute Gasteiger partial charge is 0.261 e. The molecule has 0 bridgehead atoms. The van der Waals surface area contributed by atoms with Crippen LogP contribution in [0.15, 0.2) is 18.3 Å². The fourth-order valence-electron chi connectivity index (χ4n) is 3.82. The van der Waals surface area contributed by atoms with Crippen molar-refractivity contribution in [3.8, 4) is 0 Å². The van der Waals surface area contributed by atoms with E-state index >= 15 is 0 Å². The SMILES string of the molecule is Cc1nc(C)c2c(C)c(C(=O)NCc3cccnc3N3CCN(C)CC3)sc2n1. The second kappa shape index (κ2) is 8.04. The number of anilines is 1. The zero-order valence-corrected chi connectivity index (χ0v) is 18.1. The van der Waals surface area contributed by atoms with Gasteiger partial charge >= 0.3 is 0 Å². The first-order chi connectivity index (χ1) is 13.9. The number of fused-ring (bicyclic) bond motifs is 1. The van der Waals surface area contributed by atoms with Crippen molar-refractivity contribution in [1.82, 2.24) is 25.2 Å². The highest BCUT2D eigenvalue weighted by Gasteiger charge is 2.21. The molecule has 0 atom stereocenters. The van der Waals surface area contributed by atoms with Gasteiger partial charge in [0.25, 0.3) is 5.91 Å². The third-order valence-corrected chi connectivity index (χ3v) is 6.58. The van der Waals surface area contributed by atoms with Crippen molar-refractivity contribution in [2.24, 2.45) is 0 Å². The standard InChI is InChI=1S/C21H26N6OS/c1-13-17-14(2)24-15(3)25-21(17)29-18(13)20(28)23-12-16-6-5-7-22-19(16)27-10-8-26(4)9-11-27/h5-7H,8-12H2,1-4H3,(H,23,28). The molecule has 0 unspecified atom stereocenters. The highest BCUT2D eigenvalue weighted by Crippen LogP contribution is 2.31. The highest BCUT2D eigenvalue weighted by atomic mass is 32.1. The van der Waals surface area contributed by atoms with Crippen LogP contribution in [0.1, 0.15) is 32.3 Å². The lowest BCUT2D eigenvalue weighted by atomic mass is 10.1. The number of hydrogen-bond donors (Lipinski definition) is 1. The lowest BCUT2D eigenvalue weighted by molar-refractivity contribution is 0.0954. The number of likely N-dealkylation sites (N-methyl/N-ethyl adjacent to an activating group) is 1. The van der Waals surface area contributed by atoms with Gasteiger partial charge in [0.05, 0.1) is 4.88 Å². The summed E-state index contributed by atoms with van der Waals surface area (Å²) in [6.45, 7) is 10.2. The maximum absolute atomic E-state index is 12.9. The predicted molar refractivity (Wildman–Crippen MR) is 117 cm³/mol. The monoisotopic (exact) mass is 410 g/mol. The summed E-state index contributed by atoms with van der Waals surface area (Å²) in [5.74, 6) is 1.62. The van der Waals surface area contributed by atoms with Crippen molar-refractivity contribution in [1.29, 1.82) is 0 Å². The van der Waals surface area contributed by atoms with Crippen LogP contribution in [-0.4, -0.2) is 59.0 Å². The molecule has 0 aliphatic carbocycles. The van der Waals surface area contributed by atoms with Gasteiger partial charge in [0.2, 0.25) is 0 Å². The third kappa shape index (κ3) is 3.95. The molecule has 1 saturated heterocycles. The van der Waals surface area contributed by atoms with Crippen LogP contribution in [0.2, 0.25) is 0 Å². The van der Waals surface area contributed by atoms with Gasteiger partial charge in [0.15, 0.2) is 0 Å². The molecule has 1 fully saturated rings. The van der Waals surface area contributed by atoms with E-state index in [1.54, 1.807) is 0 Å². The van der Waals surface area contributed by atoms with E-state index < -0.39 is 0 Å². The Morgan fingerprint density at radius 1 is 1.17 bits per heavy atom. The molecule has 0 radical (unpaired) electrons. The summed E-state index contributed by atoms with van der Waals surface area (Å²) in [7, 11) is 2.14. The molecule has 4 heterocycles. The van der Waals surface area contributed by atoms with Crippen molar-refractivity contribution >= 4 is 33.3 Å². The molecule has 1 amide bonds. The van der Waals surface area contributed by atoms with Crippen LogP contribution < -0.4 is 10.2 Å². The normalized spacial score (nSPS) is 15.1. The van der Waals surface area contributed by atoms with Gasteiger partial charge in [-0.3, -0.25) is 4.79 Å². The number of pyridine rings is 1. The maximum Gasteiger partial charge on any atom is 0.261 e. The molecule has 0 aromatic carbocycles. The minimum atomic E-state index is -0.0734. The van der Waals surface area contributed by atoms with E-state index in [1.165, 1.54) is 11.3 Å². The summed E-state index contributed by atoms with van der Waals surface area (Å²) in [4.78, 5) is 32.7. The molecule has 1 aliphatic rings. The minimum absolute atomic E-state index is 0.0734. The van der Waals surface area contributed by atoms with Gasteiger partial charge in [-0.25, -0.2) is 15.0 Å². The number of rotatable bonds is 4. The fourth-order valence-corrected chi connectivity index (χ4v) is 5.01. The van der Waals surface area contributed by atoms with Gasteiger partial charge in [-0.15, -0.1) is 11.3 Å². The Kier molecular flexibility index (Phi) is 5.47. The number of aromatic nitrogens is 3. The summed E-state index contributed by atoms with van der Waals surface area (Å²) in [5.41, 5.74) is 2.91. The van der Waals surface area contributed by atoms with Crippen LogP contribution in [0.3, 0.4) is 0 Å². The molecular formula is C21H26N6OS. The van der Waals surface area contributed by atoms with Crippen molar-refractivity contribution in [2.45, 2.75) is 27.3 Å². The Morgan fingerprint density at radius 3 is 2.69 bits per heavy atom. The number of carbonyl (C=O) groups excluding carboxylic acids is 1. The van der Waals surface area contributed by atoms with Gasteiger partial charge in [0.1, 0.15) is 16.5 Å². The molecule has 3 aromatic rings. The van der Waals surface area contributed by atoms with E-state index in [9.17, 15) is 4.79 Å². The largest absolute Gasteiger partial charge is 0.354 e. The number of nitrogens with one attached hydrogen (secondary N) is 1. The highest BCUT2D eigenvalue weighted by molar-refractivity contribution is 7.20. The Balaban J connectivity index is 1.53. The Labute approximate surface area is 174 Å². The van der Waals surface area contributed by atoms with Gasteiger partial charge in [-0.05, 0) is 39.4 Å². The first-order valence-corrected chi connectivity index (χ1v) is 10.7. The molecule has 0 spiro atoms. The number of thiophene rings is 1. The average molecular weight is 411 g/mol. The molecule has 29 heavy (non-hydrogen) atoms. The van der Waals surface area contributed by atoms with Crippen molar-refractivity contribution in [3.63, 3.8) is 0 Å². The predicted octanol–water partition coefficient (Wildman–Crippen LogP) is 2.69. The molecule has 8 heteroatoms. The maximum atomic E-state index is 12.9. The molecule has 7 nitrogen and oxygen atoms in total. The first kappa shape index (κ1) is 19.7. The van der Waals surface area contributed by atoms with E-state index in [4.69, 9.17) is 0 Å². The molecule has 1 aliphatic heterocycles. The zero-order chi connectivity index (χ0) is 20.5. The quantitative estimate of drug-likeness (QED) is 0.713. The van der Waals surface area contributed by atoms with Gasteiger partial charge in [-0.2, -0.15) is 0 Å². The summed E-state index contributed by atoms with van der Waals surface area (Å²) in [6, 6.07) is 3.96. The van der Waals surface area contributed by atoms with Crippen LogP contribution in [0, 0.1) is 20.8 Å². The second-order valence-corrected chi connectivity index (χ2v) is 8.55. The number of piperazine rings is 1. The second-order valence-electron chi connectivity index (χ2n) is 7.55. The first-order valence-electron chi connectivity index (χ1n) is 9.84. The summed E-state index contributed by atoms with van der Waals surface area (Å²) in [6.07, 6.45) is 1.82. The van der Waals surface area contributed by atoms with Crippen LogP contribution >= 0.6 is 11.3 Å². The van der Waals surface area contributed by atoms with E-state index in [0.29, 0.717) is 11.4 Å². The lowest BCUT2D eigenvalue weighted by Crippen LogP contribution is -2.45. The third-order valence-electron chi connectivity index (χ3n) is 5.40. The number of carbonyl (C=O) groups is 1. The van der Waals surface area contributed by atoms with E-state index in [1.807, 2.05) is 39.1 Å². The van der Waals surface area contributed by atoms with Gasteiger partial charge < -0.3 is 15.1 Å². The Morgan fingerprint density at radius 2 is 1.93 bits per heavy atom. The van der Waals surface area contributed by atoms with Crippen molar-refractivity contribution in [3.05, 3.63) is 45.9 Å². The molecular weight excluding hydrogens is 384 g/mol. The number of hydrogen-bond acceptors (Lipinski definition) is 7. The fraction of sp³-hybridized carbons (Fsp3) is 0.429. The van der Waals surface area contributed by atoms with Gasteiger partial charge in [0, 0.05) is 55.6 Å². The van der Waals surface area contributed by atoms with Crippen LogP contribution in [-0.2, 0) is 6.54 Å². The van der Waals surface area contributed by atoms with E-state index in [-0.39, 0.29) is 5.91 Å². The average Bonchev–Trinajstić information content (AvgIpc) is 3.03. The Hall–Kier alpha value is -2.58. The van der Waals surface area contributed by atoms with Crippen molar-refractivity contribution in [2.75, 3.05) is 38.1 Å².